The lowest BCUT2D eigenvalue weighted by Crippen LogP contribution is -2.34. The number of benzene rings is 1. The van der Waals surface area contributed by atoms with Crippen molar-refractivity contribution in [2.24, 2.45) is 0 Å². The second-order valence-corrected chi connectivity index (χ2v) is 8.95. The minimum atomic E-state index is -0.632. The molecule has 0 saturated carbocycles. The maximum Gasteiger partial charge on any atom is 0.336 e. The monoisotopic (exact) mass is 451 g/mol. The number of hydrogen-bond donors (Lipinski definition) is 2. The fraction of sp³-hybridized carbons (Fsp3) is 0.455. The lowest BCUT2D eigenvalue weighted by atomic mass is 9.75. The highest BCUT2D eigenvalue weighted by atomic mass is 35.5. The Morgan fingerprint density at radius 2 is 2.13 bits per heavy atom. The lowest BCUT2D eigenvalue weighted by molar-refractivity contribution is -0.138. The van der Waals surface area contributed by atoms with Gasteiger partial charge < -0.3 is 19.9 Å². The number of aromatic hydroxyl groups is 1. The molecular weight excluding hydrogens is 426 g/mol. The number of dihydropyridines is 1. The number of ether oxygens (including phenoxy) is 2. The number of phenols is 1. The van der Waals surface area contributed by atoms with Crippen LogP contribution in [0.1, 0.15) is 44.6 Å². The Morgan fingerprint density at radius 1 is 1.37 bits per heavy atom. The van der Waals surface area contributed by atoms with E-state index in [9.17, 15) is 14.7 Å². The molecule has 1 aromatic carbocycles. The molecule has 8 heteroatoms. The number of methoxy groups -OCH3 is 1. The fourth-order valence-electron chi connectivity index (χ4n) is 3.92. The van der Waals surface area contributed by atoms with Gasteiger partial charge in [0.2, 0.25) is 0 Å². The summed E-state index contributed by atoms with van der Waals surface area (Å²) in [4.78, 5) is 26.0. The van der Waals surface area contributed by atoms with Gasteiger partial charge in [-0.3, -0.25) is 4.79 Å². The minimum absolute atomic E-state index is 0.00347. The molecule has 162 valence electrons. The van der Waals surface area contributed by atoms with Gasteiger partial charge >= 0.3 is 5.97 Å². The van der Waals surface area contributed by atoms with Crippen molar-refractivity contribution in [3.05, 3.63) is 45.3 Å². The molecule has 0 amide bonds. The number of thioether (sulfide) groups is 1. The zero-order chi connectivity index (χ0) is 21.8. The van der Waals surface area contributed by atoms with Crippen LogP contribution in [0.3, 0.4) is 0 Å². The molecule has 30 heavy (non-hydrogen) atoms. The van der Waals surface area contributed by atoms with Gasteiger partial charge in [0.05, 0.1) is 17.7 Å². The first-order chi connectivity index (χ1) is 14.4. The van der Waals surface area contributed by atoms with Crippen molar-refractivity contribution in [2.75, 3.05) is 25.2 Å². The van der Waals surface area contributed by atoms with Gasteiger partial charge in [-0.2, -0.15) is 11.8 Å². The second-order valence-electron chi connectivity index (χ2n) is 7.15. The number of nitrogens with one attached hydrogen (secondary N) is 1. The molecule has 1 heterocycles. The molecule has 1 aromatic rings. The Balaban J connectivity index is 2.08. The molecule has 1 aliphatic heterocycles. The van der Waals surface area contributed by atoms with Gasteiger partial charge in [0, 0.05) is 35.1 Å². The van der Waals surface area contributed by atoms with E-state index >= 15 is 0 Å². The van der Waals surface area contributed by atoms with Crippen LogP contribution in [-0.2, 0) is 14.3 Å². The van der Waals surface area contributed by atoms with Crippen molar-refractivity contribution in [1.29, 1.82) is 0 Å². The number of phenolic OH excluding ortho intramolecular Hbond substituents is 1. The first-order valence-corrected chi connectivity index (χ1v) is 11.5. The van der Waals surface area contributed by atoms with E-state index in [2.05, 4.69) is 5.32 Å². The van der Waals surface area contributed by atoms with Crippen LogP contribution < -0.4 is 10.1 Å². The Morgan fingerprint density at radius 3 is 2.83 bits per heavy atom. The summed E-state index contributed by atoms with van der Waals surface area (Å²) in [7, 11) is 1.43. The smallest absolute Gasteiger partial charge is 0.336 e. The third kappa shape index (κ3) is 4.47. The van der Waals surface area contributed by atoms with Crippen LogP contribution in [0.4, 0.5) is 0 Å². The zero-order valence-electron chi connectivity index (χ0n) is 17.3. The van der Waals surface area contributed by atoms with Gasteiger partial charge in [-0.25, -0.2) is 4.79 Å². The highest BCUT2D eigenvalue weighted by Gasteiger charge is 2.39. The summed E-state index contributed by atoms with van der Waals surface area (Å²) in [6.07, 6.45) is 1.92. The van der Waals surface area contributed by atoms with Gasteiger partial charge in [0.1, 0.15) is 6.61 Å². The van der Waals surface area contributed by atoms with Crippen LogP contribution in [-0.4, -0.2) is 42.1 Å². The van der Waals surface area contributed by atoms with E-state index in [-0.39, 0.29) is 22.3 Å². The Bertz CT molecular complexity index is 924. The molecule has 1 unspecified atom stereocenters. The van der Waals surface area contributed by atoms with Crippen LogP contribution in [0.25, 0.3) is 0 Å². The van der Waals surface area contributed by atoms with Gasteiger partial charge in [-0.15, -0.1) is 0 Å². The molecule has 0 fully saturated rings. The summed E-state index contributed by atoms with van der Waals surface area (Å²) in [6.45, 7) is 4.15. The average Bonchev–Trinajstić information content (AvgIpc) is 2.72. The number of esters is 1. The van der Waals surface area contributed by atoms with E-state index in [4.69, 9.17) is 21.1 Å². The van der Waals surface area contributed by atoms with Crippen LogP contribution in [0.5, 0.6) is 11.5 Å². The molecule has 2 aliphatic rings. The molecule has 3 rings (SSSR count). The van der Waals surface area contributed by atoms with Gasteiger partial charge in [-0.1, -0.05) is 18.5 Å². The summed E-state index contributed by atoms with van der Waals surface area (Å²) < 4.78 is 10.8. The van der Waals surface area contributed by atoms with Crippen molar-refractivity contribution >= 4 is 35.1 Å². The van der Waals surface area contributed by atoms with E-state index in [1.54, 1.807) is 23.9 Å². The molecule has 0 radical (unpaired) electrons. The molecule has 0 bridgehead atoms. The summed E-state index contributed by atoms with van der Waals surface area (Å²) in [6, 6.07) is 3.20. The summed E-state index contributed by atoms with van der Waals surface area (Å²) in [5.41, 5.74) is 3.03. The van der Waals surface area contributed by atoms with Crippen molar-refractivity contribution < 1.29 is 24.2 Å². The second kappa shape index (κ2) is 9.79. The van der Waals surface area contributed by atoms with Crippen LogP contribution in [0, 0.1) is 0 Å². The molecule has 1 aliphatic carbocycles. The van der Waals surface area contributed by atoms with Crippen molar-refractivity contribution in [2.45, 2.75) is 39.0 Å². The number of halogens is 1. The lowest BCUT2D eigenvalue weighted by Gasteiger charge is -2.34. The number of carbonyl (C=O) groups is 2. The maximum atomic E-state index is 13.1. The maximum absolute atomic E-state index is 13.1. The van der Waals surface area contributed by atoms with Crippen molar-refractivity contribution in [3.63, 3.8) is 0 Å². The minimum Gasteiger partial charge on any atom is -0.503 e. The number of ketones is 1. The molecule has 0 saturated heterocycles. The van der Waals surface area contributed by atoms with E-state index in [0.717, 1.165) is 24.3 Å². The van der Waals surface area contributed by atoms with Gasteiger partial charge in [-0.05, 0) is 43.2 Å². The highest BCUT2D eigenvalue weighted by molar-refractivity contribution is 7.99. The number of allylic oxidation sites excluding steroid dienone is 3. The van der Waals surface area contributed by atoms with E-state index in [1.165, 1.54) is 7.11 Å². The van der Waals surface area contributed by atoms with Crippen molar-refractivity contribution in [1.82, 2.24) is 5.32 Å². The normalized spacial score (nSPS) is 18.8. The number of carbonyl (C=O) groups excluding carboxylic acids is 2. The topological polar surface area (TPSA) is 84.9 Å². The summed E-state index contributed by atoms with van der Waals surface area (Å²) in [5, 5.41) is 13.5. The Labute approximate surface area is 185 Å². The number of hydrogen-bond acceptors (Lipinski definition) is 7. The van der Waals surface area contributed by atoms with E-state index < -0.39 is 11.9 Å². The largest absolute Gasteiger partial charge is 0.503 e. The summed E-state index contributed by atoms with van der Waals surface area (Å²) >= 11 is 7.92. The Kier molecular flexibility index (Phi) is 7.36. The molecule has 2 N–H and O–H groups in total. The predicted molar refractivity (Wildman–Crippen MR) is 118 cm³/mol. The fourth-order valence-corrected chi connectivity index (χ4v) is 4.63. The van der Waals surface area contributed by atoms with Crippen molar-refractivity contribution in [3.8, 4) is 11.5 Å². The van der Waals surface area contributed by atoms with E-state index in [1.807, 2.05) is 13.8 Å². The SMILES string of the molecule is CCSCCOC(=O)C1=C(C)NC2=C(C(=O)CCC2)C1c1cc(Cl)c(O)c(OC)c1. The van der Waals surface area contributed by atoms with Crippen LogP contribution in [0.2, 0.25) is 5.02 Å². The Hall–Kier alpha value is -2.12. The van der Waals surface area contributed by atoms with Gasteiger partial charge in [0.25, 0.3) is 0 Å². The third-order valence-corrected chi connectivity index (χ3v) is 6.42. The van der Waals surface area contributed by atoms with Crippen LogP contribution >= 0.6 is 23.4 Å². The summed E-state index contributed by atoms with van der Waals surface area (Å²) in [5.74, 6) is 0.560. The first-order valence-electron chi connectivity index (χ1n) is 9.94. The average molecular weight is 452 g/mol. The van der Waals surface area contributed by atoms with E-state index in [0.29, 0.717) is 41.2 Å². The zero-order valence-corrected chi connectivity index (χ0v) is 18.9. The first kappa shape index (κ1) is 22.6. The standard InChI is InChI=1S/C22H26ClNO5S/c1-4-30-9-8-29-22(27)18-12(2)24-15-6-5-7-16(25)20(15)19(18)13-10-14(23)21(26)17(11-13)28-3/h10-11,19,24,26H,4-9H2,1-3H3. The van der Waals surface area contributed by atoms with Crippen LogP contribution in [0.15, 0.2) is 34.7 Å². The molecule has 0 spiro atoms. The number of Topliss-reactive ketones (excluding diaryl/α,β-unsaturated/α-hetero) is 1. The highest BCUT2D eigenvalue weighted by Crippen LogP contribution is 2.46. The predicted octanol–water partition coefficient (Wildman–Crippen LogP) is 4.32. The molecule has 6 nitrogen and oxygen atoms in total. The molecule has 1 atom stereocenters. The molecule has 0 aromatic heterocycles. The number of rotatable bonds is 7. The molecular formula is C22H26ClNO5S. The van der Waals surface area contributed by atoms with Gasteiger partial charge in [0.15, 0.2) is 17.3 Å². The quantitative estimate of drug-likeness (QED) is 0.471. The third-order valence-electron chi connectivity index (χ3n) is 5.26.